The molecule has 166 valence electrons. The number of nitrogens with one attached hydrogen (secondary N) is 2. The van der Waals surface area contributed by atoms with Crippen LogP contribution in [0.5, 0.6) is 0 Å². The van der Waals surface area contributed by atoms with Crippen LogP contribution in [0.3, 0.4) is 0 Å². The summed E-state index contributed by atoms with van der Waals surface area (Å²) in [5.74, 6) is -0.855. The van der Waals surface area contributed by atoms with Crippen LogP contribution < -0.4 is 10.7 Å². The fourth-order valence-corrected chi connectivity index (χ4v) is 4.67. The number of amides is 4. The normalized spacial score (nSPS) is 18.6. The zero-order valence-corrected chi connectivity index (χ0v) is 18.4. The molecule has 0 saturated carbocycles. The molecule has 5 rings (SSSR count). The summed E-state index contributed by atoms with van der Waals surface area (Å²) in [7, 11) is 0. The van der Waals surface area contributed by atoms with Crippen molar-refractivity contribution in [3.63, 3.8) is 0 Å². The molecule has 1 saturated heterocycles. The average molecular weight is 440 g/mol. The molecule has 0 radical (unpaired) electrons. The monoisotopic (exact) mass is 439 g/mol. The number of hydrogen-bond acceptors (Lipinski definition) is 3. The van der Waals surface area contributed by atoms with Gasteiger partial charge >= 0.3 is 6.03 Å². The Balaban J connectivity index is 1.19. The van der Waals surface area contributed by atoms with Gasteiger partial charge in [-0.3, -0.25) is 15.0 Å². The lowest BCUT2D eigenvalue weighted by Gasteiger charge is -2.22. The molecule has 1 aliphatic carbocycles. The van der Waals surface area contributed by atoms with Gasteiger partial charge in [0.25, 0.3) is 5.91 Å². The van der Waals surface area contributed by atoms with Gasteiger partial charge in [-0.05, 0) is 59.6 Å². The molecule has 3 aromatic rings. The van der Waals surface area contributed by atoms with E-state index in [0.29, 0.717) is 12.0 Å². The Bertz CT molecular complexity index is 1250. The molecular formula is C27H25N3O3. The molecule has 4 amide bonds. The van der Waals surface area contributed by atoms with Crippen molar-refractivity contribution in [1.29, 1.82) is 0 Å². The van der Waals surface area contributed by atoms with Gasteiger partial charge in [0.05, 0.1) is 0 Å². The van der Waals surface area contributed by atoms with Crippen molar-refractivity contribution >= 4 is 17.8 Å². The van der Waals surface area contributed by atoms with Crippen LogP contribution >= 0.6 is 0 Å². The van der Waals surface area contributed by atoms with Crippen molar-refractivity contribution in [3.8, 4) is 11.1 Å². The molecule has 1 unspecified atom stereocenters. The van der Waals surface area contributed by atoms with Crippen molar-refractivity contribution in [2.45, 2.75) is 38.1 Å². The quantitative estimate of drug-likeness (QED) is 0.445. The van der Waals surface area contributed by atoms with E-state index in [1.165, 1.54) is 27.8 Å². The summed E-state index contributed by atoms with van der Waals surface area (Å²) in [4.78, 5) is 37.8. The highest BCUT2D eigenvalue weighted by molar-refractivity contribution is 6.08. The third-order valence-corrected chi connectivity index (χ3v) is 6.51. The molecule has 1 fully saturated rings. The Morgan fingerprint density at radius 2 is 1.70 bits per heavy atom. The second-order valence-corrected chi connectivity index (χ2v) is 8.78. The largest absolute Gasteiger partial charge is 0.344 e. The Hall–Kier alpha value is -3.93. The van der Waals surface area contributed by atoms with Gasteiger partial charge in [0, 0.05) is 6.42 Å². The van der Waals surface area contributed by atoms with E-state index in [1.54, 1.807) is 31.2 Å². The molecule has 2 aliphatic rings. The molecule has 1 heterocycles. The first kappa shape index (κ1) is 20.9. The number of rotatable bonds is 6. The summed E-state index contributed by atoms with van der Waals surface area (Å²) in [6.45, 7) is 1.64. The first-order chi connectivity index (χ1) is 16.0. The predicted molar refractivity (Wildman–Crippen MR) is 125 cm³/mol. The topological polar surface area (TPSA) is 78.5 Å². The van der Waals surface area contributed by atoms with Crippen LogP contribution in [0.15, 0.2) is 72.8 Å². The summed E-state index contributed by atoms with van der Waals surface area (Å²) in [5, 5.41) is 3.48. The summed E-state index contributed by atoms with van der Waals surface area (Å²) in [6, 6.07) is 23.3. The Kier molecular flexibility index (Phi) is 5.21. The fourth-order valence-electron chi connectivity index (χ4n) is 4.67. The van der Waals surface area contributed by atoms with Gasteiger partial charge in [0.15, 0.2) is 0 Å². The maximum absolute atomic E-state index is 12.9. The van der Waals surface area contributed by atoms with Crippen LogP contribution in [0.1, 0.15) is 42.0 Å². The van der Waals surface area contributed by atoms with Gasteiger partial charge < -0.3 is 5.32 Å². The fraction of sp³-hybridized carbons (Fsp3) is 0.222. The lowest BCUT2D eigenvalue weighted by molar-refractivity contribution is -0.139. The van der Waals surface area contributed by atoms with Gasteiger partial charge in [-0.15, -0.1) is 0 Å². The number of hydrogen-bond donors (Lipinski definition) is 2. The van der Waals surface area contributed by atoms with Crippen LogP contribution in [0.4, 0.5) is 4.79 Å². The van der Waals surface area contributed by atoms with Crippen LogP contribution in [-0.4, -0.2) is 22.9 Å². The highest BCUT2D eigenvalue weighted by Gasteiger charge is 2.49. The summed E-state index contributed by atoms with van der Waals surface area (Å²) in [6.07, 6.45) is 2.53. The van der Waals surface area contributed by atoms with Crippen LogP contribution in [0, 0.1) is 0 Å². The van der Waals surface area contributed by atoms with E-state index >= 15 is 0 Å². The predicted octanol–water partition coefficient (Wildman–Crippen LogP) is 4.08. The molecular weight excluding hydrogens is 414 g/mol. The maximum Gasteiger partial charge on any atom is 0.344 e. The number of carbonyl (C=O) groups is 3. The standard InChI is InChI=1S/C27H25N3O3/c1-27(21-10-3-2-4-11-21)25(32)30(26(33)28-27)29-24(31)13-7-8-18-14-15-20-17-19-9-5-6-12-22(19)23(20)16-18/h2-6,9-12,14-16H,7-8,13,17H2,1H3,(H,28,33)(H,29,31). The van der Waals surface area contributed by atoms with E-state index < -0.39 is 17.5 Å². The van der Waals surface area contributed by atoms with Gasteiger partial charge in [-0.1, -0.05) is 72.8 Å². The number of fused-ring (bicyclic) bond motifs is 3. The Morgan fingerprint density at radius 1 is 0.970 bits per heavy atom. The van der Waals surface area contributed by atoms with Gasteiger partial charge in [0.2, 0.25) is 5.91 Å². The number of nitrogens with zero attached hydrogens (tertiary/aromatic N) is 1. The van der Waals surface area contributed by atoms with Crippen LogP contribution in [0.2, 0.25) is 0 Å². The number of imide groups is 1. The van der Waals surface area contributed by atoms with E-state index in [-0.39, 0.29) is 12.3 Å². The maximum atomic E-state index is 12.9. The summed E-state index contributed by atoms with van der Waals surface area (Å²) < 4.78 is 0. The average Bonchev–Trinajstić information content (AvgIpc) is 3.30. The minimum absolute atomic E-state index is 0.215. The number of carbonyl (C=O) groups excluding carboxylic acids is 3. The first-order valence-electron chi connectivity index (χ1n) is 11.2. The second-order valence-electron chi connectivity index (χ2n) is 8.78. The van der Waals surface area contributed by atoms with Crippen LogP contribution in [-0.2, 0) is 28.0 Å². The molecule has 0 bridgehead atoms. The summed E-state index contributed by atoms with van der Waals surface area (Å²) in [5.41, 5.74) is 8.34. The van der Waals surface area contributed by atoms with Crippen molar-refractivity contribution in [1.82, 2.24) is 15.8 Å². The number of benzene rings is 3. The van der Waals surface area contributed by atoms with Crippen molar-refractivity contribution in [3.05, 3.63) is 95.1 Å². The zero-order chi connectivity index (χ0) is 23.0. The SMILES string of the molecule is CC1(c2ccccc2)NC(=O)N(NC(=O)CCCc2ccc3c(c2)-c2ccccc2C3)C1=O. The molecule has 33 heavy (non-hydrogen) atoms. The van der Waals surface area contributed by atoms with Crippen LogP contribution in [0.25, 0.3) is 11.1 Å². The molecule has 0 aromatic heterocycles. The third-order valence-electron chi connectivity index (χ3n) is 6.51. The smallest absolute Gasteiger partial charge is 0.318 e. The number of hydrazine groups is 1. The third kappa shape index (κ3) is 3.78. The molecule has 2 N–H and O–H groups in total. The van der Waals surface area contributed by atoms with Crippen molar-refractivity contribution in [2.24, 2.45) is 0 Å². The van der Waals surface area contributed by atoms with Crippen molar-refractivity contribution in [2.75, 3.05) is 0 Å². The van der Waals surface area contributed by atoms with E-state index in [2.05, 4.69) is 53.2 Å². The molecule has 3 aromatic carbocycles. The molecule has 0 spiro atoms. The lowest BCUT2D eigenvalue weighted by Crippen LogP contribution is -2.47. The highest BCUT2D eigenvalue weighted by Crippen LogP contribution is 2.37. The second kappa shape index (κ2) is 8.20. The zero-order valence-electron chi connectivity index (χ0n) is 18.4. The number of urea groups is 1. The van der Waals surface area contributed by atoms with Gasteiger partial charge in [-0.25, -0.2) is 4.79 Å². The molecule has 1 aliphatic heterocycles. The van der Waals surface area contributed by atoms with E-state index in [4.69, 9.17) is 0 Å². The minimum atomic E-state index is -1.20. The molecule has 6 nitrogen and oxygen atoms in total. The minimum Gasteiger partial charge on any atom is -0.318 e. The molecule has 6 heteroatoms. The highest BCUT2D eigenvalue weighted by atomic mass is 16.2. The summed E-state index contributed by atoms with van der Waals surface area (Å²) >= 11 is 0. The lowest BCUT2D eigenvalue weighted by atomic mass is 9.92. The Labute approximate surface area is 192 Å². The van der Waals surface area contributed by atoms with E-state index in [0.717, 1.165) is 17.9 Å². The van der Waals surface area contributed by atoms with Crippen molar-refractivity contribution < 1.29 is 14.4 Å². The number of aryl methyl sites for hydroxylation is 1. The van der Waals surface area contributed by atoms with Gasteiger partial charge in [0.1, 0.15) is 5.54 Å². The van der Waals surface area contributed by atoms with E-state index in [1.807, 2.05) is 6.07 Å². The van der Waals surface area contributed by atoms with Gasteiger partial charge in [-0.2, -0.15) is 5.01 Å². The molecule has 1 atom stereocenters. The first-order valence-corrected chi connectivity index (χ1v) is 11.2. The van der Waals surface area contributed by atoms with E-state index in [9.17, 15) is 14.4 Å². The Morgan fingerprint density at radius 3 is 2.52 bits per heavy atom.